The summed E-state index contributed by atoms with van der Waals surface area (Å²) in [5, 5.41) is 0. The fourth-order valence-corrected chi connectivity index (χ4v) is 1.43. The molecule has 0 aliphatic heterocycles. The van der Waals surface area contributed by atoms with Crippen LogP contribution >= 0.6 is 15.9 Å². The average molecular weight is 256 g/mol. The van der Waals surface area contributed by atoms with Crippen LogP contribution in [0.1, 0.15) is 12.5 Å². The lowest BCUT2D eigenvalue weighted by atomic mass is 10.1. The molecule has 1 aromatic rings. The van der Waals surface area contributed by atoms with Gasteiger partial charge in [-0.2, -0.15) is 0 Å². The molecule has 0 aromatic carbocycles. The zero-order valence-electron chi connectivity index (χ0n) is 7.79. The van der Waals surface area contributed by atoms with Crippen LogP contribution in [0.4, 0.5) is 0 Å². The summed E-state index contributed by atoms with van der Waals surface area (Å²) in [5.41, 5.74) is 0.970. The van der Waals surface area contributed by atoms with Gasteiger partial charge in [0.15, 0.2) is 0 Å². The van der Waals surface area contributed by atoms with Crippen molar-refractivity contribution in [1.82, 2.24) is 4.98 Å². The molecule has 0 spiro atoms. The Morgan fingerprint density at radius 2 is 2.43 bits per heavy atom. The molecule has 0 aliphatic carbocycles. The SMILES string of the molecule is C=C(C(=O)OCC)c1cccnc1Br. The number of hydrogen-bond acceptors (Lipinski definition) is 3. The number of carbonyl (C=O) groups excluding carboxylic acids is 1. The smallest absolute Gasteiger partial charge is 0.338 e. The first-order chi connectivity index (χ1) is 6.66. The number of aromatic nitrogens is 1. The normalized spacial score (nSPS) is 9.57. The topological polar surface area (TPSA) is 39.2 Å². The van der Waals surface area contributed by atoms with Gasteiger partial charge in [-0.1, -0.05) is 6.58 Å². The molecule has 3 nitrogen and oxygen atoms in total. The molecular formula is C10H10BrNO2. The van der Waals surface area contributed by atoms with E-state index in [0.29, 0.717) is 22.3 Å². The monoisotopic (exact) mass is 255 g/mol. The number of halogens is 1. The molecule has 0 atom stereocenters. The molecule has 0 aliphatic rings. The minimum absolute atomic E-state index is 0.312. The van der Waals surface area contributed by atoms with Gasteiger partial charge in [-0.25, -0.2) is 9.78 Å². The van der Waals surface area contributed by atoms with Gasteiger partial charge < -0.3 is 4.74 Å². The maximum atomic E-state index is 11.3. The summed E-state index contributed by atoms with van der Waals surface area (Å²) in [5.74, 6) is -0.416. The van der Waals surface area contributed by atoms with Gasteiger partial charge in [-0.05, 0) is 35.0 Å². The van der Waals surface area contributed by atoms with E-state index in [1.54, 1.807) is 25.3 Å². The summed E-state index contributed by atoms with van der Waals surface area (Å²) in [4.78, 5) is 15.3. The zero-order valence-corrected chi connectivity index (χ0v) is 9.37. The van der Waals surface area contributed by atoms with Crippen molar-refractivity contribution in [2.45, 2.75) is 6.92 Å². The van der Waals surface area contributed by atoms with Crippen molar-refractivity contribution in [3.63, 3.8) is 0 Å². The van der Waals surface area contributed by atoms with Crippen molar-refractivity contribution < 1.29 is 9.53 Å². The first kappa shape index (κ1) is 10.9. The highest BCUT2D eigenvalue weighted by Gasteiger charge is 2.13. The van der Waals surface area contributed by atoms with Crippen LogP contribution in [0.3, 0.4) is 0 Å². The highest BCUT2D eigenvalue weighted by molar-refractivity contribution is 9.10. The zero-order chi connectivity index (χ0) is 10.6. The Morgan fingerprint density at radius 3 is 3.00 bits per heavy atom. The Kier molecular flexibility index (Phi) is 3.83. The summed E-state index contributed by atoms with van der Waals surface area (Å²) in [6, 6.07) is 3.50. The van der Waals surface area contributed by atoms with Gasteiger partial charge in [0, 0.05) is 11.8 Å². The number of hydrogen-bond donors (Lipinski definition) is 0. The van der Waals surface area contributed by atoms with Crippen LogP contribution in [0, 0.1) is 0 Å². The van der Waals surface area contributed by atoms with Crippen LogP contribution in [0.5, 0.6) is 0 Å². The second-order valence-corrected chi connectivity index (χ2v) is 3.29. The van der Waals surface area contributed by atoms with Crippen molar-refractivity contribution in [1.29, 1.82) is 0 Å². The maximum absolute atomic E-state index is 11.3. The highest BCUT2D eigenvalue weighted by atomic mass is 79.9. The number of pyridine rings is 1. The van der Waals surface area contributed by atoms with E-state index in [-0.39, 0.29) is 0 Å². The number of rotatable bonds is 3. The van der Waals surface area contributed by atoms with Crippen molar-refractivity contribution in [3.8, 4) is 0 Å². The fourth-order valence-electron chi connectivity index (χ4n) is 0.939. The molecule has 0 saturated heterocycles. The fraction of sp³-hybridized carbons (Fsp3) is 0.200. The third kappa shape index (κ3) is 2.42. The molecule has 0 N–H and O–H groups in total. The van der Waals surface area contributed by atoms with Gasteiger partial charge >= 0.3 is 5.97 Å². The van der Waals surface area contributed by atoms with Crippen LogP contribution in [0.2, 0.25) is 0 Å². The van der Waals surface area contributed by atoms with Crippen LogP contribution < -0.4 is 0 Å². The third-order valence-electron chi connectivity index (χ3n) is 1.61. The number of esters is 1. The largest absolute Gasteiger partial charge is 0.462 e. The van der Waals surface area contributed by atoms with Gasteiger partial charge in [-0.3, -0.25) is 0 Å². The Bertz CT molecular complexity index is 363. The maximum Gasteiger partial charge on any atom is 0.338 e. The van der Waals surface area contributed by atoms with Crippen molar-refractivity contribution in [2.75, 3.05) is 6.61 Å². The molecule has 1 aromatic heterocycles. The van der Waals surface area contributed by atoms with Crippen molar-refractivity contribution in [2.24, 2.45) is 0 Å². The van der Waals surface area contributed by atoms with Crippen molar-refractivity contribution in [3.05, 3.63) is 35.1 Å². The van der Waals surface area contributed by atoms with E-state index in [2.05, 4.69) is 27.5 Å². The minimum atomic E-state index is -0.416. The summed E-state index contributed by atoms with van der Waals surface area (Å²) in [6.07, 6.45) is 1.63. The van der Waals surface area contributed by atoms with E-state index in [4.69, 9.17) is 4.74 Å². The Hall–Kier alpha value is -1.16. The Labute approximate surface area is 90.9 Å². The van der Waals surface area contributed by atoms with E-state index in [9.17, 15) is 4.79 Å². The molecule has 0 amide bonds. The van der Waals surface area contributed by atoms with Gasteiger partial charge in [-0.15, -0.1) is 0 Å². The third-order valence-corrected chi connectivity index (χ3v) is 2.24. The van der Waals surface area contributed by atoms with Crippen LogP contribution in [0.25, 0.3) is 5.57 Å². The predicted molar refractivity (Wildman–Crippen MR) is 57.6 cm³/mol. The van der Waals surface area contributed by atoms with E-state index >= 15 is 0 Å². The molecule has 0 radical (unpaired) electrons. The molecule has 0 unspecified atom stereocenters. The van der Waals surface area contributed by atoms with E-state index in [1.807, 2.05) is 0 Å². The summed E-state index contributed by atoms with van der Waals surface area (Å²) >= 11 is 3.24. The number of carbonyl (C=O) groups is 1. The van der Waals surface area contributed by atoms with Gasteiger partial charge in [0.2, 0.25) is 0 Å². The van der Waals surface area contributed by atoms with E-state index < -0.39 is 5.97 Å². The van der Waals surface area contributed by atoms with Gasteiger partial charge in [0.1, 0.15) is 4.60 Å². The molecular weight excluding hydrogens is 246 g/mol. The lowest BCUT2D eigenvalue weighted by Gasteiger charge is -2.05. The lowest BCUT2D eigenvalue weighted by Crippen LogP contribution is -2.06. The van der Waals surface area contributed by atoms with Gasteiger partial charge in [0.25, 0.3) is 0 Å². The van der Waals surface area contributed by atoms with E-state index in [1.165, 1.54) is 0 Å². The predicted octanol–water partition coefficient (Wildman–Crippen LogP) is 2.42. The molecule has 0 saturated carbocycles. The van der Waals surface area contributed by atoms with E-state index in [0.717, 1.165) is 0 Å². The van der Waals surface area contributed by atoms with Gasteiger partial charge in [0.05, 0.1) is 12.2 Å². The molecule has 0 fully saturated rings. The standard InChI is InChI=1S/C10H10BrNO2/c1-3-14-10(13)7(2)8-5-4-6-12-9(8)11/h4-6H,2-3H2,1H3. The molecule has 0 bridgehead atoms. The number of ether oxygens (including phenoxy) is 1. The summed E-state index contributed by atoms with van der Waals surface area (Å²) in [7, 11) is 0. The number of nitrogens with zero attached hydrogens (tertiary/aromatic N) is 1. The van der Waals surface area contributed by atoms with Crippen LogP contribution in [-0.4, -0.2) is 17.6 Å². The first-order valence-electron chi connectivity index (χ1n) is 4.13. The lowest BCUT2D eigenvalue weighted by molar-refractivity contribution is -0.136. The molecule has 74 valence electrons. The molecule has 1 heterocycles. The minimum Gasteiger partial charge on any atom is -0.462 e. The molecule has 4 heteroatoms. The molecule has 1 rings (SSSR count). The quantitative estimate of drug-likeness (QED) is 0.473. The summed E-state index contributed by atoms with van der Waals surface area (Å²) in [6.45, 7) is 5.76. The van der Waals surface area contributed by atoms with Crippen molar-refractivity contribution >= 4 is 27.5 Å². The second-order valence-electron chi connectivity index (χ2n) is 2.54. The second kappa shape index (κ2) is 4.91. The van der Waals surface area contributed by atoms with Crippen LogP contribution in [-0.2, 0) is 9.53 Å². The first-order valence-corrected chi connectivity index (χ1v) is 4.93. The molecule has 14 heavy (non-hydrogen) atoms. The van der Waals surface area contributed by atoms with Crippen LogP contribution in [0.15, 0.2) is 29.5 Å². The summed E-state index contributed by atoms with van der Waals surface area (Å²) < 4.78 is 5.42. The average Bonchev–Trinajstić information content (AvgIpc) is 2.18. The highest BCUT2D eigenvalue weighted by Crippen LogP contribution is 2.21. The Morgan fingerprint density at radius 1 is 1.71 bits per heavy atom. The Balaban J connectivity index is 2.90.